The van der Waals surface area contributed by atoms with E-state index in [-0.39, 0.29) is 23.8 Å². The van der Waals surface area contributed by atoms with Crippen LogP contribution in [0.15, 0.2) is 24.3 Å². The highest BCUT2D eigenvalue weighted by atomic mass is 16.6. The fourth-order valence-electron chi connectivity index (χ4n) is 1.85. The van der Waals surface area contributed by atoms with Gasteiger partial charge in [-0.3, -0.25) is 25.0 Å². The summed E-state index contributed by atoms with van der Waals surface area (Å²) < 4.78 is 0. The quantitative estimate of drug-likeness (QED) is 0.379. The number of benzene rings is 1. The number of carbonyl (C=O) groups is 2. The van der Waals surface area contributed by atoms with E-state index < -0.39 is 22.8 Å². The number of nitro groups is 1. The van der Waals surface area contributed by atoms with E-state index in [0.717, 1.165) is 0 Å². The lowest BCUT2D eigenvalue weighted by molar-refractivity contribution is -0.384. The number of hydrogen-bond acceptors (Lipinski definition) is 5. The summed E-state index contributed by atoms with van der Waals surface area (Å²) in [6.07, 6.45) is 0.695. The molecule has 0 fully saturated rings. The number of amides is 1. The maximum Gasteiger partial charge on any atom is 0.321 e. The number of carboxylic acids is 1. The second-order valence-electron chi connectivity index (χ2n) is 4.89. The summed E-state index contributed by atoms with van der Waals surface area (Å²) in [4.78, 5) is 32.9. The van der Waals surface area contributed by atoms with E-state index in [9.17, 15) is 19.7 Å². The number of hydrogen-bond donors (Lipinski definition) is 3. The molecule has 3 N–H and O–H groups in total. The molecule has 0 heterocycles. The zero-order chi connectivity index (χ0) is 16.7. The van der Waals surface area contributed by atoms with Crippen LogP contribution in [0.5, 0.6) is 0 Å². The zero-order valence-corrected chi connectivity index (χ0v) is 12.4. The maximum absolute atomic E-state index is 11.8. The zero-order valence-electron chi connectivity index (χ0n) is 12.4. The van der Waals surface area contributed by atoms with Gasteiger partial charge in [0.05, 0.1) is 11.6 Å². The predicted molar refractivity (Wildman–Crippen MR) is 79.4 cm³/mol. The first-order valence-electron chi connectivity index (χ1n) is 6.85. The molecule has 0 aliphatic heterocycles. The van der Waals surface area contributed by atoms with Crippen molar-refractivity contribution in [3.63, 3.8) is 0 Å². The lowest BCUT2D eigenvalue weighted by Gasteiger charge is -2.20. The SMILES string of the molecule is CC[C@H](C)[C@H](NCNC(=O)c1ccc([N+](=O)[O-])cc1)C(=O)O. The van der Waals surface area contributed by atoms with E-state index in [1.807, 2.05) is 13.8 Å². The van der Waals surface area contributed by atoms with Crippen molar-refractivity contribution in [1.82, 2.24) is 10.6 Å². The molecule has 1 rings (SSSR count). The van der Waals surface area contributed by atoms with Crippen LogP contribution >= 0.6 is 0 Å². The third kappa shape index (κ3) is 4.81. The van der Waals surface area contributed by atoms with Crippen molar-refractivity contribution in [2.75, 3.05) is 6.67 Å². The minimum absolute atomic E-state index is 0.00285. The monoisotopic (exact) mass is 309 g/mol. The van der Waals surface area contributed by atoms with E-state index in [1.54, 1.807) is 0 Å². The van der Waals surface area contributed by atoms with E-state index >= 15 is 0 Å². The first-order valence-corrected chi connectivity index (χ1v) is 6.85. The molecule has 8 nitrogen and oxygen atoms in total. The molecule has 0 aliphatic carbocycles. The fourth-order valence-corrected chi connectivity index (χ4v) is 1.85. The Bertz CT molecular complexity index is 544. The number of aliphatic carboxylic acids is 1. The maximum atomic E-state index is 11.8. The minimum atomic E-state index is -0.973. The summed E-state index contributed by atoms with van der Waals surface area (Å²) in [5.41, 5.74) is 0.167. The first kappa shape index (κ1) is 17.6. The Labute approximate surface area is 127 Å². The van der Waals surface area contributed by atoms with E-state index in [0.29, 0.717) is 6.42 Å². The van der Waals surface area contributed by atoms with Crippen LogP contribution in [0.2, 0.25) is 0 Å². The van der Waals surface area contributed by atoms with Gasteiger partial charge >= 0.3 is 5.97 Å². The Morgan fingerprint density at radius 3 is 2.36 bits per heavy atom. The van der Waals surface area contributed by atoms with Crippen LogP contribution in [0.25, 0.3) is 0 Å². The number of carboxylic acid groups (broad SMARTS) is 1. The van der Waals surface area contributed by atoms with Crippen LogP contribution in [0.1, 0.15) is 30.6 Å². The van der Waals surface area contributed by atoms with Crippen molar-refractivity contribution in [2.45, 2.75) is 26.3 Å². The normalized spacial score (nSPS) is 13.2. The number of rotatable bonds is 8. The molecule has 0 saturated carbocycles. The lowest BCUT2D eigenvalue weighted by atomic mass is 10.00. The smallest absolute Gasteiger partial charge is 0.321 e. The molecule has 1 aromatic rings. The average molecular weight is 309 g/mol. The van der Waals surface area contributed by atoms with Gasteiger partial charge in [0, 0.05) is 17.7 Å². The van der Waals surface area contributed by atoms with Crippen molar-refractivity contribution in [2.24, 2.45) is 5.92 Å². The molecule has 2 atom stereocenters. The molecular weight excluding hydrogens is 290 g/mol. The van der Waals surface area contributed by atoms with Gasteiger partial charge in [-0.25, -0.2) is 0 Å². The summed E-state index contributed by atoms with van der Waals surface area (Å²) >= 11 is 0. The number of carbonyl (C=O) groups excluding carboxylic acids is 1. The van der Waals surface area contributed by atoms with Crippen LogP contribution in [-0.4, -0.2) is 34.6 Å². The van der Waals surface area contributed by atoms with Gasteiger partial charge in [0.25, 0.3) is 11.6 Å². The summed E-state index contributed by atoms with van der Waals surface area (Å²) in [5, 5.41) is 24.9. The third-order valence-corrected chi connectivity index (χ3v) is 3.39. The van der Waals surface area contributed by atoms with Gasteiger partial charge in [-0.05, 0) is 18.1 Å². The van der Waals surface area contributed by atoms with Gasteiger partial charge in [0.2, 0.25) is 0 Å². The van der Waals surface area contributed by atoms with Gasteiger partial charge in [0.15, 0.2) is 0 Å². The standard InChI is InChI=1S/C14H19N3O5/c1-3-9(2)12(14(19)20)15-8-16-13(18)10-4-6-11(7-5-10)17(21)22/h4-7,9,12,15H,3,8H2,1-2H3,(H,16,18)(H,19,20)/t9-,12-/m0/s1. The van der Waals surface area contributed by atoms with Crippen LogP contribution < -0.4 is 10.6 Å². The average Bonchev–Trinajstić information content (AvgIpc) is 2.50. The Morgan fingerprint density at radius 1 is 1.32 bits per heavy atom. The number of non-ortho nitro benzene ring substituents is 1. The molecule has 0 aromatic heterocycles. The highest BCUT2D eigenvalue weighted by Crippen LogP contribution is 2.11. The second-order valence-corrected chi connectivity index (χ2v) is 4.89. The Hall–Kier alpha value is -2.48. The fraction of sp³-hybridized carbons (Fsp3) is 0.429. The molecule has 22 heavy (non-hydrogen) atoms. The van der Waals surface area contributed by atoms with Gasteiger partial charge in [-0.1, -0.05) is 20.3 Å². The third-order valence-electron chi connectivity index (χ3n) is 3.39. The van der Waals surface area contributed by atoms with E-state index in [1.165, 1.54) is 24.3 Å². The van der Waals surface area contributed by atoms with Crippen molar-refractivity contribution < 1.29 is 19.6 Å². The molecule has 0 radical (unpaired) electrons. The summed E-state index contributed by atoms with van der Waals surface area (Å²) in [5.74, 6) is -1.48. The molecular formula is C14H19N3O5. The summed E-state index contributed by atoms with van der Waals surface area (Å²) in [6.45, 7) is 3.69. The second kappa shape index (κ2) is 8.08. The predicted octanol–water partition coefficient (Wildman–Crippen LogP) is 1.37. The molecule has 0 aliphatic rings. The highest BCUT2D eigenvalue weighted by Gasteiger charge is 2.22. The molecule has 0 spiro atoms. The van der Waals surface area contributed by atoms with E-state index in [2.05, 4.69) is 10.6 Å². The van der Waals surface area contributed by atoms with E-state index in [4.69, 9.17) is 5.11 Å². The van der Waals surface area contributed by atoms with Gasteiger partial charge in [-0.2, -0.15) is 0 Å². The first-order chi connectivity index (χ1) is 10.4. The summed E-state index contributed by atoms with van der Waals surface area (Å²) in [7, 11) is 0. The Morgan fingerprint density at radius 2 is 1.91 bits per heavy atom. The number of nitro benzene ring substituents is 1. The van der Waals surface area contributed by atoms with Crippen molar-refractivity contribution in [3.05, 3.63) is 39.9 Å². The van der Waals surface area contributed by atoms with Crippen LogP contribution in [-0.2, 0) is 4.79 Å². The Balaban J connectivity index is 2.55. The van der Waals surface area contributed by atoms with Crippen molar-refractivity contribution in [3.8, 4) is 0 Å². The number of nitrogens with one attached hydrogen (secondary N) is 2. The van der Waals surface area contributed by atoms with Crippen molar-refractivity contribution in [1.29, 1.82) is 0 Å². The molecule has 120 valence electrons. The van der Waals surface area contributed by atoms with Crippen LogP contribution in [0, 0.1) is 16.0 Å². The topological polar surface area (TPSA) is 122 Å². The van der Waals surface area contributed by atoms with Crippen LogP contribution in [0.3, 0.4) is 0 Å². The summed E-state index contributed by atoms with van der Waals surface area (Å²) in [6, 6.07) is 4.42. The molecule has 1 aromatic carbocycles. The molecule has 0 unspecified atom stereocenters. The number of nitrogens with zero attached hydrogens (tertiary/aromatic N) is 1. The van der Waals surface area contributed by atoms with Gasteiger partial charge in [0.1, 0.15) is 6.04 Å². The lowest BCUT2D eigenvalue weighted by Crippen LogP contribution is -2.46. The Kier molecular flexibility index (Phi) is 6.46. The highest BCUT2D eigenvalue weighted by molar-refractivity contribution is 5.94. The largest absolute Gasteiger partial charge is 0.480 e. The molecule has 0 bridgehead atoms. The van der Waals surface area contributed by atoms with Crippen LogP contribution in [0.4, 0.5) is 5.69 Å². The molecule has 1 amide bonds. The molecule has 0 saturated heterocycles. The van der Waals surface area contributed by atoms with Crippen molar-refractivity contribution >= 4 is 17.6 Å². The van der Waals surface area contributed by atoms with Gasteiger partial charge in [-0.15, -0.1) is 0 Å². The van der Waals surface area contributed by atoms with Gasteiger partial charge < -0.3 is 10.4 Å². The minimum Gasteiger partial charge on any atom is -0.480 e. The molecule has 8 heteroatoms.